The summed E-state index contributed by atoms with van der Waals surface area (Å²) in [6, 6.07) is 6.38. The molecule has 0 saturated carbocycles. The number of amides is 1. The van der Waals surface area contributed by atoms with E-state index in [0.717, 1.165) is 25.0 Å². The number of likely N-dealkylation sites (N-methyl/N-ethyl adjacent to an activating group) is 1. The van der Waals surface area contributed by atoms with E-state index in [1.165, 1.54) is 23.5 Å². The molecule has 1 saturated heterocycles. The van der Waals surface area contributed by atoms with Gasteiger partial charge in [0.15, 0.2) is 5.96 Å². The second-order valence-corrected chi connectivity index (χ2v) is 6.78. The van der Waals surface area contributed by atoms with Gasteiger partial charge in [0, 0.05) is 40.8 Å². The van der Waals surface area contributed by atoms with Crippen molar-refractivity contribution < 1.29 is 13.9 Å². The molecule has 1 aliphatic heterocycles. The predicted octanol–water partition coefficient (Wildman–Crippen LogP) is 1.86. The fourth-order valence-corrected chi connectivity index (χ4v) is 2.71. The molecule has 1 heterocycles. The third-order valence-corrected chi connectivity index (χ3v) is 4.32. The van der Waals surface area contributed by atoms with E-state index in [0.29, 0.717) is 19.0 Å². The van der Waals surface area contributed by atoms with Crippen LogP contribution in [0.25, 0.3) is 0 Å². The molecule has 2 rings (SSSR count). The number of carbonyl (C=O) groups excluding carboxylic acids is 1. The van der Waals surface area contributed by atoms with Crippen LogP contribution in [0.15, 0.2) is 29.3 Å². The number of carbonyl (C=O) groups is 1. The number of hydrogen-bond acceptors (Lipinski definition) is 3. The number of benzene rings is 1. The molecule has 1 atom stereocenters. The van der Waals surface area contributed by atoms with Gasteiger partial charge in [0.25, 0.3) is 0 Å². The third-order valence-electron chi connectivity index (χ3n) is 4.32. The third kappa shape index (κ3) is 6.63. The zero-order valence-electron chi connectivity index (χ0n) is 15.9. The van der Waals surface area contributed by atoms with Gasteiger partial charge in [-0.05, 0) is 37.0 Å². The van der Waals surface area contributed by atoms with Crippen molar-refractivity contribution in [1.29, 1.82) is 0 Å². The number of hydrogen-bond donors (Lipinski definition) is 1. The number of guanidine groups is 1. The highest BCUT2D eigenvalue weighted by Crippen LogP contribution is 2.12. The molecule has 1 amide bonds. The topological polar surface area (TPSA) is 57.2 Å². The summed E-state index contributed by atoms with van der Waals surface area (Å²) in [7, 11) is 5.32. The Hall–Kier alpha value is -2.15. The van der Waals surface area contributed by atoms with Crippen LogP contribution in [0.1, 0.15) is 24.8 Å². The minimum absolute atomic E-state index is 0.0617. The van der Waals surface area contributed by atoms with Crippen LogP contribution in [-0.2, 0) is 16.1 Å². The van der Waals surface area contributed by atoms with Crippen LogP contribution in [0.5, 0.6) is 0 Å². The van der Waals surface area contributed by atoms with Gasteiger partial charge in [-0.15, -0.1) is 0 Å². The van der Waals surface area contributed by atoms with E-state index in [1.54, 1.807) is 26.2 Å². The molecule has 0 aliphatic carbocycles. The number of nitrogens with one attached hydrogen (secondary N) is 1. The van der Waals surface area contributed by atoms with E-state index in [2.05, 4.69) is 10.3 Å². The Morgan fingerprint density at radius 2 is 2.00 bits per heavy atom. The number of ether oxygens (including phenoxy) is 1. The van der Waals surface area contributed by atoms with Gasteiger partial charge in [0.1, 0.15) is 12.4 Å². The van der Waals surface area contributed by atoms with Crippen molar-refractivity contribution in [3.8, 4) is 0 Å². The fourth-order valence-electron chi connectivity index (χ4n) is 2.71. The van der Waals surface area contributed by atoms with Crippen molar-refractivity contribution in [3.63, 3.8) is 0 Å². The van der Waals surface area contributed by atoms with Crippen LogP contribution in [0.3, 0.4) is 0 Å². The Kier molecular flexibility index (Phi) is 7.84. The molecule has 0 radical (unpaired) electrons. The lowest BCUT2D eigenvalue weighted by molar-refractivity contribution is -0.127. The van der Waals surface area contributed by atoms with Crippen LogP contribution < -0.4 is 5.32 Å². The van der Waals surface area contributed by atoms with Gasteiger partial charge in [0.2, 0.25) is 5.91 Å². The quantitative estimate of drug-likeness (QED) is 0.618. The maximum absolute atomic E-state index is 13.1. The minimum Gasteiger partial charge on any atom is -0.376 e. The van der Waals surface area contributed by atoms with Crippen LogP contribution in [0, 0.1) is 5.82 Å². The lowest BCUT2D eigenvalue weighted by atomic mass is 10.1. The van der Waals surface area contributed by atoms with Gasteiger partial charge in [-0.1, -0.05) is 12.1 Å². The van der Waals surface area contributed by atoms with Gasteiger partial charge in [0.05, 0.1) is 6.10 Å². The molecule has 1 unspecified atom stereocenters. The van der Waals surface area contributed by atoms with Crippen LogP contribution >= 0.6 is 0 Å². The summed E-state index contributed by atoms with van der Waals surface area (Å²) in [4.78, 5) is 19.8. The average Bonchev–Trinajstić information content (AvgIpc) is 2.64. The van der Waals surface area contributed by atoms with E-state index in [1.807, 2.05) is 11.9 Å². The highest BCUT2D eigenvalue weighted by molar-refractivity contribution is 5.84. The lowest BCUT2D eigenvalue weighted by Gasteiger charge is -2.27. The summed E-state index contributed by atoms with van der Waals surface area (Å²) in [5.41, 5.74) is 0.969. The smallest absolute Gasteiger partial charge is 0.243 e. The van der Waals surface area contributed by atoms with Gasteiger partial charge < -0.3 is 19.9 Å². The number of halogens is 1. The van der Waals surface area contributed by atoms with Gasteiger partial charge >= 0.3 is 0 Å². The second-order valence-electron chi connectivity index (χ2n) is 6.78. The first-order valence-electron chi connectivity index (χ1n) is 9.01. The first-order valence-corrected chi connectivity index (χ1v) is 9.01. The molecule has 1 aliphatic rings. The predicted molar refractivity (Wildman–Crippen MR) is 100 cm³/mol. The Balaban J connectivity index is 2.00. The summed E-state index contributed by atoms with van der Waals surface area (Å²) in [6.45, 7) is 2.09. The molecule has 144 valence electrons. The van der Waals surface area contributed by atoms with E-state index in [9.17, 15) is 9.18 Å². The largest absolute Gasteiger partial charge is 0.376 e. The Morgan fingerprint density at radius 1 is 1.27 bits per heavy atom. The van der Waals surface area contributed by atoms with Crippen LogP contribution in [-0.4, -0.2) is 68.6 Å². The molecule has 1 fully saturated rings. The van der Waals surface area contributed by atoms with Crippen LogP contribution in [0.2, 0.25) is 0 Å². The molecule has 0 aromatic heterocycles. The number of nitrogens with zero attached hydrogens (tertiary/aromatic N) is 3. The van der Waals surface area contributed by atoms with Gasteiger partial charge in [-0.3, -0.25) is 4.79 Å². The zero-order chi connectivity index (χ0) is 18.9. The highest BCUT2D eigenvalue weighted by atomic mass is 19.1. The second kappa shape index (κ2) is 10.1. The Bertz CT molecular complexity index is 598. The Morgan fingerprint density at radius 3 is 2.62 bits per heavy atom. The molecule has 0 spiro atoms. The molecule has 0 bridgehead atoms. The first-order chi connectivity index (χ1) is 12.5. The van der Waals surface area contributed by atoms with E-state index in [-0.39, 0.29) is 24.4 Å². The van der Waals surface area contributed by atoms with Crippen LogP contribution in [0.4, 0.5) is 4.39 Å². The maximum atomic E-state index is 13.1. The molecular weight excluding hydrogens is 335 g/mol. The molecule has 1 aromatic rings. The summed E-state index contributed by atoms with van der Waals surface area (Å²) >= 11 is 0. The lowest BCUT2D eigenvalue weighted by Crippen LogP contribution is -2.43. The highest BCUT2D eigenvalue weighted by Gasteiger charge is 2.16. The van der Waals surface area contributed by atoms with Crippen molar-refractivity contribution in [2.45, 2.75) is 31.9 Å². The van der Waals surface area contributed by atoms with Gasteiger partial charge in [-0.25, -0.2) is 9.38 Å². The van der Waals surface area contributed by atoms with Crippen molar-refractivity contribution >= 4 is 11.9 Å². The first kappa shape index (κ1) is 20.2. The van der Waals surface area contributed by atoms with Crippen molar-refractivity contribution in [2.75, 3.05) is 40.8 Å². The fraction of sp³-hybridized carbons (Fsp3) is 0.579. The van der Waals surface area contributed by atoms with E-state index in [4.69, 9.17) is 4.74 Å². The monoisotopic (exact) mass is 364 g/mol. The SMILES string of the molecule is CN(C)C(=O)CN=C(NCC1CCCCO1)N(C)Cc1ccc(F)cc1. The summed E-state index contributed by atoms with van der Waals surface area (Å²) in [5, 5.41) is 3.32. The molecule has 6 nitrogen and oxygen atoms in total. The summed E-state index contributed by atoms with van der Waals surface area (Å²) in [5.74, 6) is 0.321. The molecular formula is C19H29FN4O2. The van der Waals surface area contributed by atoms with Crippen molar-refractivity contribution in [3.05, 3.63) is 35.6 Å². The molecule has 1 aromatic carbocycles. The zero-order valence-corrected chi connectivity index (χ0v) is 15.9. The molecule has 7 heteroatoms. The van der Waals surface area contributed by atoms with E-state index < -0.39 is 0 Å². The maximum Gasteiger partial charge on any atom is 0.243 e. The van der Waals surface area contributed by atoms with Crippen molar-refractivity contribution in [2.24, 2.45) is 4.99 Å². The normalized spacial score (nSPS) is 17.7. The molecule has 1 N–H and O–H groups in total. The van der Waals surface area contributed by atoms with E-state index >= 15 is 0 Å². The Labute approximate surface area is 155 Å². The number of aliphatic imine (C=N–C) groups is 1. The molecule has 26 heavy (non-hydrogen) atoms. The van der Waals surface area contributed by atoms with Crippen molar-refractivity contribution in [1.82, 2.24) is 15.1 Å². The summed E-state index contributed by atoms with van der Waals surface area (Å²) in [6.07, 6.45) is 3.47. The number of rotatable bonds is 6. The minimum atomic E-state index is -0.255. The summed E-state index contributed by atoms with van der Waals surface area (Å²) < 4.78 is 18.8. The standard InChI is InChI=1S/C19H29FN4O2/c1-23(2)18(25)13-22-19(21-12-17-6-4-5-11-26-17)24(3)14-15-7-9-16(20)10-8-15/h7-10,17H,4-6,11-14H2,1-3H3,(H,21,22). The van der Waals surface area contributed by atoms with Gasteiger partial charge in [-0.2, -0.15) is 0 Å². The average molecular weight is 364 g/mol.